The van der Waals surface area contributed by atoms with Crippen LogP contribution in [0.4, 0.5) is 11.4 Å². The number of aliphatic hydroxyl groups is 1. The predicted octanol–water partition coefficient (Wildman–Crippen LogP) is 2.33. The standard InChI is InChI=1S/C13H22N2O/c1-11(5-4-10-16)14-12-6-8-13(9-7-12)15(2)3/h6-9,11,14,16H,4-5,10H2,1-3H3. The van der Waals surface area contributed by atoms with Crippen molar-refractivity contribution in [2.24, 2.45) is 0 Å². The summed E-state index contributed by atoms with van der Waals surface area (Å²) in [6.45, 7) is 2.40. The molecule has 0 spiro atoms. The van der Waals surface area contributed by atoms with Gasteiger partial charge in [-0.25, -0.2) is 0 Å². The van der Waals surface area contributed by atoms with Crippen molar-refractivity contribution in [1.29, 1.82) is 0 Å². The smallest absolute Gasteiger partial charge is 0.0431 e. The van der Waals surface area contributed by atoms with Crippen LogP contribution in [-0.4, -0.2) is 31.9 Å². The molecule has 16 heavy (non-hydrogen) atoms. The number of benzene rings is 1. The Balaban J connectivity index is 2.48. The van der Waals surface area contributed by atoms with Crippen LogP contribution in [0.25, 0.3) is 0 Å². The van der Waals surface area contributed by atoms with E-state index in [9.17, 15) is 0 Å². The molecule has 1 aromatic rings. The van der Waals surface area contributed by atoms with Crippen LogP contribution in [0.5, 0.6) is 0 Å². The van der Waals surface area contributed by atoms with Crippen molar-refractivity contribution in [2.45, 2.75) is 25.8 Å². The van der Waals surface area contributed by atoms with Crippen LogP contribution in [0.1, 0.15) is 19.8 Å². The van der Waals surface area contributed by atoms with E-state index in [1.807, 2.05) is 14.1 Å². The van der Waals surface area contributed by atoms with Gasteiger partial charge in [-0.1, -0.05) is 0 Å². The van der Waals surface area contributed by atoms with Crippen molar-refractivity contribution in [2.75, 3.05) is 30.9 Å². The molecule has 3 nitrogen and oxygen atoms in total. The second-order valence-corrected chi connectivity index (χ2v) is 4.35. The molecule has 1 rings (SSSR count). The number of rotatable bonds is 6. The molecule has 0 saturated heterocycles. The monoisotopic (exact) mass is 222 g/mol. The molecular formula is C13H22N2O. The number of nitrogens with zero attached hydrogens (tertiary/aromatic N) is 1. The molecule has 90 valence electrons. The highest BCUT2D eigenvalue weighted by molar-refractivity contribution is 5.54. The molecule has 0 radical (unpaired) electrons. The fourth-order valence-corrected chi connectivity index (χ4v) is 1.61. The number of hydrogen-bond acceptors (Lipinski definition) is 3. The maximum Gasteiger partial charge on any atom is 0.0431 e. The van der Waals surface area contributed by atoms with Gasteiger partial charge in [0, 0.05) is 38.1 Å². The molecule has 3 heteroatoms. The molecule has 0 fully saturated rings. The van der Waals surface area contributed by atoms with Crippen molar-refractivity contribution in [3.63, 3.8) is 0 Å². The molecule has 1 unspecified atom stereocenters. The first-order valence-corrected chi connectivity index (χ1v) is 5.78. The van der Waals surface area contributed by atoms with Gasteiger partial charge >= 0.3 is 0 Å². The lowest BCUT2D eigenvalue weighted by Crippen LogP contribution is -2.15. The van der Waals surface area contributed by atoms with Gasteiger partial charge in [0.25, 0.3) is 0 Å². The van der Waals surface area contributed by atoms with Crippen LogP contribution >= 0.6 is 0 Å². The van der Waals surface area contributed by atoms with Gasteiger partial charge in [0.15, 0.2) is 0 Å². The van der Waals surface area contributed by atoms with E-state index in [4.69, 9.17) is 5.11 Å². The molecule has 0 aliphatic carbocycles. The van der Waals surface area contributed by atoms with Gasteiger partial charge in [0.05, 0.1) is 0 Å². The van der Waals surface area contributed by atoms with Gasteiger partial charge in [-0.15, -0.1) is 0 Å². The zero-order chi connectivity index (χ0) is 12.0. The second-order valence-electron chi connectivity index (χ2n) is 4.35. The minimum Gasteiger partial charge on any atom is -0.396 e. The Bertz CT molecular complexity index is 295. The van der Waals surface area contributed by atoms with E-state index in [1.165, 1.54) is 5.69 Å². The van der Waals surface area contributed by atoms with Crippen LogP contribution in [-0.2, 0) is 0 Å². The highest BCUT2D eigenvalue weighted by atomic mass is 16.2. The topological polar surface area (TPSA) is 35.5 Å². The lowest BCUT2D eigenvalue weighted by molar-refractivity contribution is 0.282. The Morgan fingerprint density at radius 1 is 1.25 bits per heavy atom. The Labute approximate surface area is 98.1 Å². The highest BCUT2D eigenvalue weighted by Crippen LogP contribution is 2.16. The van der Waals surface area contributed by atoms with Crippen molar-refractivity contribution >= 4 is 11.4 Å². The number of aliphatic hydroxyl groups excluding tert-OH is 1. The van der Waals surface area contributed by atoms with Crippen molar-refractivity contribution < 1.29 is 5.11 Å². The normalized spacial score (nSPS) is 12.2. The molecule has 0 bridgehead atoms. The Morgan fingerprint density at radius 2 is 1.88 bits per heavy atom. The van der Waals surface area contributed by atoms with Gasteiger partial charge < -0.3 is 15.3 Å². The Morgan fingerprint density at radius 3 is 2.38 bits per heavy atom. The third-order valence-electron chi connectivity index (χ3n) is 2.59. The fourth-order valence-electron chi connectivity index (χ4n) is 1.61. The fraction of sp³-hybridized carbons (Fsp3) is 0.538. The van der Waals surface area contributed by atoms with E-state index in [0.29, 0.717) is 6.04 Å². The van der Waals surface area contributed by atoms with E-state index >= 15 is 0 Å². The molecule has 0 aromatic heterocycles. The first-order valence-electron chi connectivity index (χ1n) is 5.78. The van der Waals surface area contributed by atoms with Crippen LogP contribution in [0.3, 0.4) is 0 Å². The number of anilines is 2. The summed E-state index contributed by atoms with van der Waals surface area (Å²) < 4.78 is 0. The Kier molecular flexibility index (Phi) is 5.12. The summed E-state index contributed by atoms with van der Waals surface area (Å²) in [5, 5.41) is 12.2. The summed E-state index contributed by atoms with van der Waals surface area (Å²) >= 11 is 0. The molecular weight excluding hydrogens is 200 g/mol. The van der Waals surface area contributed by atoms with E-state index in [2.05, 4.69) is 41.4 Å². The third-order valence-corrected chi connectivity index (χ3v) is 2.59. The van der Waals surface area contributed by atoms with E-state index < -0.39 is 0 Å². The zero-order valence-corrected chi connectivity index (χ0v) is 10.4. The Hall–Kier alpha value is -1.22. The van der Waals surface area contributed by atoms with Gasteiger partial charge in [0.2, 0.25) is 0 Å². The lowest BCUT2D eigenvalue weighted by atomic mass is 10.1. The first kappa shape index (κ1) is 12.8. The molecule has 2 N–H and O–H groups in total. The number of hydrogen-bond donors (Lipinski definition) is 2. The maximum absolute atomic E-state index is 8.75. The van der Waals surface area contributed by atoms with Crippen molar-refractivity contribution in [3.05, 3.63) is 24.3 Å². The van der Waals surface area contributed by atoms with E-state index in [0.717, 1.165) is 18.5 Å². The lowest BCUT2D eigenvalue weighted by Gasteiger charge is -2.16. The van der Waals surface area contributed by atoms with Crippen LogP contribution in [0.2, 0.25) is 0 Å². The largest absolute Gasteiger partial charge is 0.396 e. The van der Waals surface area contributed by atoms with Gasteiger partial charge in [0.1, 0.15) is 0 Å². The predicted molar refractivity (Wildman–Crippen MR) is 70.2 cm³/mol. The summed E-state index contributed by atoms with van der Waals surface area (Å²) in [6.07, 6.45) is 1.84. The van der Waals surface area contributed by atoms with Crippen LogP contribution in [0.15, 0.2) is 24.3 Å². The maximum atomic E-state index is 8.75. The van der Waals surface area contributed by atoms with Crippen molar-refractivity contribution in [3.8, 4) is 0 Å². The molecule has 1 atom stereocenters. The van der Waals surface area contributed by atoms with Gasteiger partial charge in [-0.2, -0.15) is 0 Å². The van der Waals surface area contributed by atoms with Crippen molar-refractivity contribution in [1.82, 2.24) is 0 Å². The average Bonchev–Trinajstić information content (AvgIpc) is 2.27. The molecule has 0 aliphatic rings. The minimum atomic E-state index is 0.269. The van der Waals surface area contributed by atoms with Crippen LogP contribution in [0, 0.1) is 0 Å². The quantitative estimate of drug-likeness (QED) is 0.775. The van der Waals surface area contributed by atoms with Gasteiger partial charge in [-0.3, -0.25) is 0 Å². The third kappa shape index (κ3) is 4.11. The zero-order valence-electron chi connectivity index (χ0n) is 10.4. The summed E-state index contributed by atoms with van der Waals surface area (Å²) in [7, 11) is 4.07. The van der Waals surface area contributed by atoms with Gasteiger partial charge in [-0.05, 0) is 44.0 Å². The van der Waals surface area contributed by atoms with Crippen LogP contribution < -0.4 is 10.2 Å². The van der Waals surface area contributed by atoms with E-state index in [1.54, 1.807) is 0 Å². The summed E-state index contributed by atoms with van der Waals surface area (Å²) in [6, 6.07) is 8.77. The highest BCUT2D eigenvalue weighted by Gasteiger charge is 2.01. The molecule has 0 aliphatic heterocycles. The van der Waals surface area contributed by atoms with E-state index in [-0.39, 0.29) is 6.61 Å². The first-order chi connectivity index (χ1) is 7.63. The molecule has 1 aromatic carbocycles. The molecule has 0 amide bonds. The molecule has 0 saturated carbocycles. The second kappa shape index (κ2) is 6.38. The summed E-state index contributed by atoms with van der Waals surface area (Å²) in [5.41, 5.74) is 2.34. The summed E-state index contributed by atoms with van der Waals surface area (Å²) in [4.78, 5) is 2.08. The minimum absolute atomic E-state index is 0.269. The average molecular weight is 222 g/mol. The summed E-state index contributed by atoms with van der Waals surface area (Å²) in [5.74, 6) is 0. The molecule has 0 heterocycles. The number of nitrogens with one attached hydrogen (secondary N) is 1. The SMILES string of the molecule is CC(CCCO)Nc1ccc(N(C)C)cc1.